The highest BCUT2D eigenvalue weighted by Gasteiger charge is 2.19. The van der Waals surface area contributed by atoms with Gasteiger partial charge in [-0.15, -0.1) is 0 Å². The lowest BCUT2D eigenvalue weighted by atomic mass is 10.2. The molecule has 0 aromatic heterocycles. The van der Waals surface area contributed by atoms with Crippen LogP contribution in [0, 0.1) is 12.7 Å². The zero-order valence-corrected chi connectivity index (χ0v) is 13.9. The summed E-state index contributed by atoms with van der Waals surface area (Å²) in [6.45, 7) is 4.12. The van der Waals surface area contributed by atoms with Gasteiger partial charge in [0.25, 0.3) is 5.91 Å². The maximum absolute atomic E-state index is 12.9. The molecule has 0 saturated heterocycles. The molecule has 2 rings (SSSR count). The van der Waals surface area contributed by atoms with E-state index in [4.69, 9.17) is 16.3 Å². The molecule has 122 valence electrons. The molecule has 0 radical (unpaired) electrons. The van der Waals surface area contributed by atoms with Crippen LogP contribution in [-0.2, 0) is 11.3 Å². The van der Waals surface area contributed by atoms with Gasteiger partial charge in [0, 0.05) is 6.54 Å². The fourth-order valence-electron chi connectivity index (χ4n) is 2.08. The Morgan fingerprint density at radius 2 is 1.96 bits per heavy atom. The Labute approximate surface area is 140 Å². The minimum absolute atomic E-state index is 0.228. The molecule has 0 saturated carbocycles. The molecular weight excluding hydrogens is 317 g/mol. The second kappa shape index (κ2) is 7.97. The summed E-state index contributed by atoms with van der Waals surface area (Å²) in [6.07, 6.45) is -0.116. The standard InChI is InChI=1S/C18H19ClFNO2/c1-3-16(23-17-9-4-12(2)10-15(17)19)18(22)21-11-13-5-7-14(20)8-6-13/h4-10,16H,3,11H2,1-2H3,(H,21,22). The van der Waals surface area contributed by atoms with E-state index < -0.39 is 6.10 Å². The summed E-state index contributed by atoms with van der Waals surface area (Å²) in [5.74, 6) is -0.0432. The van der Waals surface area contributed by atoms with Crippen LogP contribution in [0.15, 0.2) is 42.5 Å². The number of rotatable bonds is 6. The average molecular weight is 336 g/mol. The number of hydrogen-bond donors (Lipinski definition) is 1. The number of benzene rings is 2. The maximum atomic E-state index is 12.9. The maximum Gasteiger partial charge on any atom is 0.261 e. The smallest absolute Gasteiger partial charge is 0.261 e. The SMILES string of the molecule is CCC(Oc1ccc(C)cc1Cl)C(=O)NCc1ccc(F)cc1. The van der Waals surface area contributed by atoms with Gasteiger partial charge >= 0.3 is 0 Å². The van der Waals surface area contributed by atoms with Crippen LogP contribution in [0.25, 0.3) is 0 Å². The van der Waals surface area contributed by atoms with E-state index in [1.54, 1.807) is 24.3 Å². The Balaban J connectivity index is 1.96. The van der Waals surface area contributed by atoms with Crippen LogP contribution in [0.1, 0.15) is 24.5 Å². The van der Waals surface area contributed by atoms with E-state index in [1.165, 1.54) is 12.1 Å². The highest BCUT2D eigenvalue weighted by Crippen LogP contribution is 2.26. The first-order chi connectivity index (χ1) is 11.0. The van der Waals surface area contributed by atoms with Crippen molar-refractivity contribution < 1.29 is 13.9 Å². The first-order valence-electron chi connectivity index (χ1n) is 7.44. The molecule has 1 N–H and O–H groups in total. The van der Waals surface area contributed by atoms with E-state index in [0.29, 0.717) is 23.7 Å². The van der Waals surface area contributed by atoms with E-state index in [2.05, 4.69) is 5.32 Å². The first kappa shape index (κ1) is 17.3. The van der Waals surface area contributed by atoms with Crippen LogP contribution in [0.5, 0.6) is 5.75 Å². The molecular formula is C18H19ClFNO2. The number of carbonyl (C=O) groups is 1. The highest BCUT2D eigenvalue weighted by atomic mass is 35.5. The molecule has 0 heterocycles. The minimum atomic E-state index is -0.629. The van der Waals surface area contributed by atoms with Crippen LogP contribution in [0.2, 0.25) is 5.02 Å². The van der Waals surface area contributed by atoms with Gasteiger partial charge in [-0.05, 0) is 48.7 Å². The molecule has 0 aliphatic carbocycles. The number of hydrogen-bond acceptors (Lipinski definition) is 2. The molecule has 2 aromatic rings. The lowest BCUT2D eigenvalue weighted by Crippen LogP contribution is -2.37. The molecule has 0 aliphatic heterocycles. The third-order valence-corrected chi connectivity index (χ3v) is 3.70. The number of carbonyl (C=O) groups excluding carboxylic acids is 1. The predicted molar refractivity (Wildman–Crippen MR) is 89.1 cm³/mol. The Morgan fingerprint density at radius 1 is 1.26 bits per heavy atom. The van der Waals surface area contributed by atoms with Crippen molar-refractivity contribution in [3.8, 4) is 5.75 Å². The molecule has 1 atom stereocenters. The lowest BCUT2D eigenvalue weighted by molar-refractivity contribution is -0.128. The summed E-state index contributed by atoms with van der Waals surface area (Å²) in [5.41, 5.74) is 1.85. The van der Waals surface area contributed by atoms with E-state index in [0.717, 1.165) is 11.1 Å². The third-order valence-electron chi connectivity index (χ3n) is 3.40. The topological polar surface area (TPSA) is 38.3 Å². The van der Waals surface area contributed by atoms with Gasteiger partial charge in [-0.1, -0.05) is 36.7 Å². The Morgan fingerprint density at radius 3 is 2.57 bits per heavy atom. The quantitative estimate of drug-likeness (QED) is 0.856. The summed E-state index contributed by atoms with van der Waals surface area (Å²) in [7, 11) is 0. The zero-order valence-electron chi connectivity index (χ0n) is 13.1. The summed E-state index contributed by atoms with van der Waals surface area (Å²) in [5, 5.41) is 3.27. The number of aryl methyl sites for hydroxylation is 1. The molecule has 1 amide bonds. The van der Waals surface area contributed by atoms with Crippen molar-refractivity contribution in [2.75, 3.05) is 0 Å². The van der Waals surface area contributed by atoms with Crippen LogP contribution >= 0.6 is 11.6 Å². The largest absolute Gasteiger partial charge is 0.479 e. The van der Waals surface area contributed by atoms with Crippen molar-refractivity contribution in [1.82, 2.24) is 5.32 Å². The Bertz CT molecular complexity index is 673. The Hall–Kier alpha value is -2.07. The van der Waals surface area contributed by atoms with Crippen molar-refractivity contribution in [2.24, 2.45) is 0 Å². The van der Waals surface area contributed by atoms with E-state index >= 15 is 0 Å². The molecule has 0 spiro atoms. The number of nitrogens with one attached hydrogen (secondary N) is 1. The summed E-state index contributed by atoms with van der Waals surface area (Å²) in [4.78, 5) is 12.2. The molecule has 5 heteroatoms. The van der Waals surface area contributed by atoms with Crippen LogP contribution in [-0.4, -0.2) is 12.0 Å². The van der Waals surface area contributed by atoms with Gasteiger partial charge in [0.1, 0.15) is 11.6 Å². The monoisotopic (exact) mass is 335 g/mol. The van der Waals surface area contributed by atoms with Crippen molar-refractivity contribution in [3.63, 3.8) is 0 Å². The fourth-order valence-corrected chi connectivity index (χ4v) is 2.36. The van der Waals surface area contributed by atoms with Crippen molar-refractivity contribution in [3.05, 3.63) is 64.4 Å². The highest BCUT2D eigenvalue weighted by molar-refractivity contribution is 6.32. The van der Waals surface area contributed by atoms with Gasteiger partial charge in [0.05, 0.1) is 5.02 Å². The molecule has 3 nitrogen and oxygen atoms in total. The fraction of sp³-hybridized carbons (Fsp3) is 0.278. The third kappa shape index (κ3) is 4.96. The van der Waals surface area contributed by atoms with E-state index in [-0.39, 0.29) is 11.7 Å². The molecule has 0 fully saturated rings. The summed E-state index contributed by atoms with van der Waals surface area (Å²) in [6, 6.07) is 11.4. The second-order valence-corrected chi connectivity index (χ2v) is 5.70. The van der Waals surface area contributed by atoms with Gasteiger partial charge in [-0.25, -0.2) is 4.39 Å². The van der Waals surface area contributed by atoms with Crippen LogP contribution < -0.4 is 10.1 Å². The van der Waals surface area contributed by atoms with Gasteiger partial charge in [-0.3, -0.25) is 4.79 Å². The van der Waals surface area contributed by atoms with E-state index in [9.17, 15) is 9.18 Å². The predicted octanol–water partition coefficient (Wildman–Crippen LogP) is 4.26. The molecule has 0 aliphatic rings. The average Bonchev–Trinajstić information content (AvgIpc) is 2.53. The number of halogens is 2. The number of amides is 1. The van der Waals surface area contributed by atoms with Crippen molar-refractivity contribution >= 4 is 17.5 Å². The first-order valence-corrected chi connectivity index (χ1v) is 7.82. The second-order valence-electron chi connectivity index (χ2n) is 5.29. The van der Waals surface area contributed by atoms with Crippen molar-refractivity contribution in [2.45, 2.75) is 32.9 Å². The lowest BCUT2D eigenvalue weighted by Gasteiger charge is -2.18. The molecule has 2 aromatic carbocycles. The normalized spacial score (nSPS) is 11.8. The van der Waals surface area contributed by atoms with Gasteiger partial charge in [0.15, 0.2) is 6.10 Å². The van der Waals surface area contributed by atoms with Crippen LogP contribution in [0.3, 0.4) is 0 Å². The Kier molecular flexibility index (Phi) is 5.99. The summed E-state index contributed by atoms with van der Waals surface area (Å²) >= 11 is 6.13. The van der Waals surface area contributed by atoms with E-state index in [1.807, 2.05) is 19.9 Å². The zero-order chi connectivity index (χ0) is 16.8. The number of ether oxygens (including phenoxy) is 1. The molecule has 0 bridgehead atoms. The summed E-state index contributed by atoms with van der Waals surface area (Å²) < 4.78 is 18.6. The molecule has 23 heavy (non-hydrogen) atoms. The minimum Gasteiger partial charge on any atom is -0.479 e. The van der Waals surface area contributed by atoms with Gasteiger partial charge in [0.2, 0.25) is 0 Å². The van der Waals surface area contributed by atoms with Crippen LogP contribution in [0.4, 0.5) is 4.39 Å². The van der Waals surface area contributed by atoms with Gasteiger partial charge < -0.3 is 10.1 Å². The molecule has 1 unspecified atom stereocenters. The van der Waals surface area contributed by atoms with Crippen molar-refractivity contribution in [1.29, 1.82) is 0 Å². The van der Waals surface area contributed by atoms with Gasteiger partial charge in [-0.2, -0.15) is 0 Å².